The minimum absolute atomic E-state index is 0.0418. The predicted octanol–water partition coefficient (Wildman–Crippen LogP) is 3.28. The fraction of sp³-hybridized carbons (Fsp3) is 0.680. The molecule has 1 saturated heterocycles. The van der Waals surface area contributed by atoms with Gasteiger partial charge >= 0.3 is 0 Å². The Kier molecular flexibility index (Phi) is 9.19. The molecule has 3 rings (SSSR count). The highest BCUT2D eigenvalue weighted by molar-refractivity contribution is 5.94. The van der Waals surface area contributed by atoms with Crippen LogP contribution >= 0.6 is 0 Å². The van der Waals surface area contributed by atoms with Gasteiger partial charge in [-0.3, -0.25) is 14.7 Å². The van der Waals surface area contributed by atoms with Crippen LogP contribution in [-0.2, 0) is 6.42 Å². The minimum atomic E-state index is 0.0418. The van der Waals surface area contributed by atoms with Crippen LogP contribution in [0.1, 0.15) is 67.8 Å². The van der Waals surface area contributed by atoms with Crippen molar-refractivity contribution >= 4 is 11.9 Å². The first-order valence-electron chi connectivity index (χ1n) is 12.2. The molecule has 1 aliphatic carbocycles. The van der Waals surface area contributed by atoms with E-state index in [4.69, 9.17) is 4.99 Å². The fourth-order valence-electron chi connectivity index (χ4n) is 4.83. The molecule has 0 bridgehead atoms. The average Bonchev–Trinajstić information content (AvgIpc) is 2.79. The van der Waals surface area contributed by atoms with Crippen LogP contribution in [0.2, 0.25) is 0 Å². The van der Waals surface area contributed by atoms with E-state index in [1.165, 1.54) is 51.5 Å². The molecule has 2 N–H and O–H groups in total. The summed E-state index contributed by atoms with van der Waals surface area (Å²) in [5.41, 5.74) is 1.88. The molecule has 1 aromatic rings. The summed E-state index contributed by atoms with van der Waals surface area (Å²) in [5.74, 6) is 0.957. The van der Waals surface area contributed by atoms with Crippen molar-refractivity contribution in [1.82, 2.24) is 20.4 Å². The number of piperidine rings is 1. The van der Waals surface area contributed by atoms with Crippen LogP contribution in [-0.4, -0.2) is 74.0 Å². The predicted molar refractivity (Wildman–Crippen MR) is 129 cm³/mol. The third-order valence-corrected chi connectivity index (χ3v) is 6.48. The minimum Gasteiger partial charge on any atom is -0.357 e. The first-order chi connectivity index (χ1) is 15.1. The second-order valence-corrected chi connectivity index (χ2v) is 9.18. The molecule has 1 aromatic carbocycles. The number of nitrogens with zero attached hydrogens (tertiary/aromatic N) is 3. The van der Waals surface area contributed by atoms with Gasteiger partial charge in [-0.25, -0.2) is 0 Å². The number of rotatable bonds is 7. The molecule has 31 heavy (non-hydrogen) atoms. The van der Waals surface area contributed by atoms with Crippen molar-refractivity contribution in [2.24, 2.45) is 4.99 Å². The van der Waals surface area contributed by atoms with Gasteiger partial charge < -0.3 is 15.5 Å². The first-order valence-corrected chi connectivity index (χ1v) is 12.2. The van der Waals surface area contributed by atoms with Gasteiger partial charge in [0.05, 0.1) is 0 Å². The van der Waals surface area contributed by atoms with E-state index in [-0.39, 0.29) is 5.91 Å². The van der Waals surface area contributed by atoms with Crippen LogP contribution in [0, 0.1) is 0 Å². The van der Waals surface area contributed by atoms with Crippen molar-refractivity contribution < 1.29 is 4.79 Å². The zero-order valence-corrected chi connectivity index (χ0v) is 19.7. The van der Waals surface area contributed by atoms with E-state index in [2.05, 4.69) is 28.5 Å². The second-order valence-electron chi connectivity index (χ2n) is 9.18. The van der Waals surface area contributed by atoms with E-state index >= 15 is 0 Å². The Morgan fingerprint density at radius 2 is 1.97 bits per heavy atom. The highest BCUT2D eigenvalue weighted by Crippen LogP contribution is 2.25. The molecule has 6 heteroatoms. The maximum Gasteiger partial charge on any atom is 0.253 e. The Morgan fingerprint density at radius 1 is 1.16 bits per heavy atom. The number of hydrogen-bond acceptors (Lipinski definition) is 3. The summed E-state index contributed by atoms with van der Waals surface area (Å²) in [6.45, 7) is 6.05. The molecule has 172 valence electrons. The standard InChI is InChI=1S/C25H41N5O/c1-4-26-25(27-16-15-20-10-8-11-21(18-20)24(31)29(2)3)28-22-12-9-17-30(19-22)23-13-6-5-7-14-23/h8,10-11,18,22-23H,4-7,9,12-17,19H2,1-3H3,(H2,26,27,28). The van der Waals surface area contributed by atoms with Crippen LogP contribution in [0.15, 0.2) is 29.3 Å². The zero-order valence-electron chi connectivity index (χ0n) is 19.7. The van der Waals surface area contributed by atoms with Crippen molar-refractivity contribution in [2.75, 3.05) is 40.3 Å². The van der Waals surface area contributed by atoms with Gasteiger partial charge in [-0.15, -0.1) is 0 Å². The van der Waals surface area contributed by atoms with Gasteiger partial charge in [0.15, 0.2) is 5.96 Å². The van der Waals surface area contributed by atoms with Crippen LogP contribution in [0.4, 0.5) is 0 Å². The molecular weight excluding hydrogens is 386 g/mol. The summed E-state index contributed by atoms with van der Waals surface area (Å²) in [6.07, 6.45) is 10.2. The van der Waals surface area contributed by atoms with Crippen LogP contribution < -0.4 is 10.6 Å². The van der Waals surface area contributed by atoms with E-state index in [0.717, 1.165) is 42.6 Å². The SMILES string of the molecule is CCNC(=NCCc1cccc(C(=O)N(C)C)c1)NC1CCCN(C2CCCCC2)C1. The van der Waals surface area contributed by atoms with Gasteiger partial charge in [-0.05, 0) is 63.3 Å². The highest BCUT2D eigenvalue weighted by atomic mass is 16.2. The molecule has 0 spiro atoms. The number of nitrogens with one attached hydrogen (secondary N) is 2. The third-order valence-electron chi connectivity index (χ3n) is 6.48. The van der Waals surface area contributed by atoms with Crippen molar-refractivity contribution in [3.63, 3.8) is 0 Å². The third kappa shape index (κ3) is 7.23. The van der Waals surface area contributed by atoms with Gasteiger partial charge in [-0.1, -0.05) is 31.4 Å². The Balaban J connectivity index is 1.54. The lowest BCUT2D eigenvalue weighted by molar-refractivity contribution is 0.0827. The molecule has 0 radical (unpaired) electrons. The first kappa shape index (κ1) is 23.6. The maximum atomic E-state index is 12.2. The molecule has 2 aliphatic rings. The van der Waals surface area contributed by atoms with E-state index in [1.54, 1.807) is 19.0 Å². The normalized spacial score (nSPS) is 21.0. The van der Waals surface area contributed by atoms with Gasteiger partial charge in [-0.2, -0.15) is 0 Å². The molecule has 1 saturated carbocycles. The smallest absolute Gasteiger partial charge is 0.253 e. The maximum absolute atomic E-state index is 12.2. The van der Waals surface area contributed by atoms with Gasteiger partial charge in [0, 0.05) is 51.4 Å². The van der Waals surface area contributed by atoms with E-state index in [9.17, 15) is 4.79 Å². The summed E-state index contributed by atoms with van der Waals surface area (Å²) < 4.78 is 0. The molecule has 6 nitrogen and oxygen atoms in total. The summed E-state index contributed by atoms with van der Waals surface area (Å²) in [7, 11) is 3.57. The number of guanidine groups is 1. The molecule has 1 aliphatic heterocycles. The molecule has 0 aromatic heterocycles. The molecule has 1 atom stereocenters. The lowest BCUT2D eigenvalue weighted by Gasteiger charge is -2.40. The number of aliphatic imine (C=N–C) groups is 1. The fourth-order valence-corrected chi connectivity index (χ4v) is 4.83. The summed E-state index contributed by atoms with van der Waals surface area (Å²) >= 11 is 0. The number of carbonyl (C=O) groups is 1. The largest absolute Gasteiger partial charge is 0.357 e. The van der Waals surface area contributed by atoms with Crippen LogP contribution in [0.25, 0.3) is 0 Å². The average molecular weight is 428 g/mol. The topological polar surface area (TPSA) is 60.0 Å². The lowest BCUT2D eigenvalue weighted by Crippen LogP contribution is -2.53. The van der Waals surface area contributed by atoms with Crippen molar-refractivity contribution in [3.8, 4) is 0 Å². The van der Waals surface area contributed by atoms with E-state index in [1.807, 2.05) is 18.2 Å². The number of carbonyl (C=O) groups excluding carboxylic acids is 1. The van der Waals surface area contributed by atoms with E-state index in [0.29, 0.717) is 12.6 Å². The summed E-state index contributed by atoms with van der Waals surface area (Å²) in [6, 6.07) is 9.15. The molecule has 1 amide bonds. The van der Waals surface area contributed by atoms with Gasteiger partial charge in [0.1, 0.15) is 0 Å². The molecular formula is C25H41N5O. The number of likely N-dealkylation sites (tertiary alicyclic amines) is 1. The lowest BCUT2D eigenvalue weighted by atomic mass is 9.92. The Hall–Kier alpha value is -2.08. The number of benzene rings is 1. The van der Waals surface area contributed by atoms with Gasteiger partial charge in [0.2, 0.25) is 0 Å². The van der Waals surface area contributed by atoms with Crippen LogP contribution in [0.5, 0.6) is 0 Å². The van der Waals surface area contributed by atoms with Gasteiger partial charge in [0.25, 0.3) is 5.91 Å². The Bertz CT molecular complexity index is 726. The molecule has 1 heterocycles. The van der Waals surface area contributed by atoms with Crippen molar-refractivity contribution in [1.29, 1.82) is 0 Å². The molecule has 1 unspecified atom stereocenters. The van der Waals surface area contributed by atoms with Crippen LogP contribution in [0.3, 0.4) is 0 Å². The number of hydrogen-bond donors (Lipinski definition) is 2. The monoisotopic (exact) mass is 427 g/mol. The van der Waals surface area contributed by atoms with E-state index < -0.39 is 0 Å². The molecule has 2 fully saturated rings. The number of amides is 1. The second kappa shape index (κ2) is 12.1. The Labute approximate surface area is 188 Å². The summed E-state index contributed by atoms with van der Waals surface area (Å²) in [4.78, 5) is 21.4. The zero-order chi connectivity index (χ0) is 22.1. The van der Waals surface area contributed by atoms with Crippen molar-refractivity contribution in [3.05, 3.63) is 35.4 Å². The van der Waals surface area contributed by atoms with Crippen molar-refractivity contribution in [2.45, 2.75) is 70.4 Å². The summed E-state index contributed by atoms with van der Waals surface area (Å²) in [5, 5.41) is 7.11. The highest BCUT2D eigenvalue weighted by Gasteiger charge is 2.27. The Morgan fingerprint density at radius 3 is 2.71 bits per heavy atom. The quantitative estimate of drug-likeness (QED) is 0.518.